The normalized spacial score (nSPS) is 11.6. The van der Waals surface area contributed by atoms with E-state index in [1.807, 2.05) is 6.92 Å². The molecule has 0 aliphatic rings. The van der Waals surface area contributed by atoms with Crippen LogP contribution in [0.25, 0.3) is 11.4 Å². The zero-order valence-electron chi connectivity index (χ0n) is 18.9. The number of esters is 1. The van der Waals surface area contributed by atoms with Gasteiger partial charge in [-0.05, 0) is 49.2 Å². The summed E-state index contributed by atoms with van der Waals surface area (Å²) in [5.41, 5.74) is 0.828. The third-order valence-corrected chi connectivity index (χ3v) is 4.78. The topological polar surface area (TPSA) is 147 Å². The number of nitro benzene ring substituents is 1. The van der Waals surface area contributed by atoms with Crippen molar-refractivity contribution in [2.24, 2.45) is 5.92 Å². The minimum absolute atomic E-state index is 0.0436. The van der Waals surface area contributed by atoms with E-state index in [-0.39, 0.29) is 29.9 Å². The monoisotopic (exact) mass is 468 g/mol. The summed E-state index contributed by atoms with van der Waals surface area (Å²) in [6.07, 6.45) is 0. The molecule has 2 aromatic carbocycles. The first-order valence-corrected chi connectivity index (χ1v) is 10.6. The van der Waals surface area contributed by atoms with Crippen molar-refractivity contribution in [3.05, 3.63) is 70.1 Å². The first kappa shape index (κ1) is 24.4. The molecule has 11 heteroatoms. The summed E-state index contributed by atoms with van der Waals surface area (Å²) in [5.74, 6) is -0.419. The lowest BCUT2D eigenvalue weighted by molar-refractivity contribution is -0.384. The molecule has 1 amide bonds. The molecule has 0 aliphatic carbocycles. The molecule has 34 heavy (non-hydrogen) atoms. The van der Waals surface area contributed by atoms with Gasteiger partial charge >= 0.3 is 5.97 Å². The van der Waals surface area contributed by atoms with Crippen molar-refractivity contribution in [2.45, 2.75) is 33.4 Å². The molecular formula is C23H24N4O7. The number of hydrogen-bond donors (Lipinski definition) is 1. The van der Waals surface area contributed by atoms with Gasteiger partial charge in [-0.3, -0.25) is 14.9 Å². The quantitative estimate of drug-likeness (QED) is 0.268. The molecule has 0 saturated heterocycles. The molecule has 1 atom stereocenters. The molecule has 0 spiro atoms. The highest BCUT2D eigenvalue weighted by molar-refractivity contribution is 5.96. The maximum atomic E-state index is 12.6. The average Bonchev–Trinajstić information content (AvgIpc) is 3.30. The van der Waals surface area contributed by atoms with Gasteiger partial charge < -0.3 is 19.3 Å². The second-order valence-electron chi connectivity index (χ2n) is 7.58. The zero-order valence-corrected chi connectivity index (χ0v) is 18.9. The largest absolute Gasteiger partial charge is 0.494 e. The molecule has 0 saturated carbocycles. The van der Waals surface area contributed by atoms with Crippen molar-refractivity contribution in [3.63, 3.8) is 0 Å². The Bertz CT molecular complexity index is 1140. The summed E-state index contributed by atoms with van der Waals surface area (Å²) in [5, 5.41) is 17.3. The molecule has 178 valence electrons. The van der Waals surface area contributed by atoms with Crippen LogP contribution >= 0.6 is 0 Å². The van der Waals surface area contributed by atoms with Gasteiger partial charge in [-0.15, -0.1) is 0 Å². The van der Waals surface area contributed by atoms with Crippen molar-refractivity contribution < 1.29 is 28.5 Å². The molecule has 0 unspecified atom stereocenters. The Balaban J connectivity index is 1.59. The number of nitro groups is 1. The Morgan fingerprint density at radius 1 is 1.12 bits per heavy atom. The second kappa shape index (κ2) is 11.0. The van der Waals surface area contributed by atoms with E-state index in [0.717, 1.165) is 0 Å². The number of amides is 1. The summed E-state index contributed by atoms with van der Waals surface area (Å²) < 4.78 is 15.7. The molecule has 0 radical (unpaired) electrons. The Kier molecular flexibility index (Phi) is 7.91. The average molecular weight is 468 g/mol. The van der Waals surface area contributed by atoms with Gasteiger partial charge in [0.25, 0.3) is 17.5 Å². The SMILES string of the molecule is CCOc1ccc(C(=O)N[C@H](C(=O)OCc2nc(-c3ccc([N+](=O)[O-])cc3)no2)C(C)C)cc1. The third-order valence-electron chi connectivity index (χ3n) is 4.78. The summed E-state index contributed by atoms with van der Waals surface area (Å²) in [6, 6.07) is 11.3. The van der Waals surface area contributed by atoms with Gasteiger partial charge in [0, 0.05) is 23.3 Å². The Morgan fingerprint density at radius 2 is 1.79 bits per heavy atom. The van der Waals surface area contributed by atoms with Gasteiger partial charge in [0.15, 0.2) is 6.61 Å². The van der Waals surface area contributed by atoms with Crippen LogP contribution < -0.4 is 10.1 Å². The molecule has 1 aromatic heterocycles. The second-order valence-corrected chi connectivity index (χ2v) is 7.58. The van der Waals surface area contributed by atoms with E-state index in [4.69, 9.17) is 14.0 Å². The number of hydrogen-bond acceptors (Lipinski definition) is 9. The number of ether oxygens (including phenoxy) is 2. The molecule has 0 aliphatic heterocycles. The van der Waals surface area contributed by atoms with Crippen LogP contribution in [-0.4, -0.2) is 39.6 Å². The van der Waals surface area contributed by atoms with Gasteiger partial charge in [-0.2, -0.15) is 4.98 Å². The lowest BCUT2D eigenvalue weighted by atomic mass is 10.0. The van der Waals surface area contributed by atoms with E-state index in [1.54, 1.807) is 38.1 Å². The summed E-state index contributed by atoms with van der Waals surface area (Å²) in [4.78, 5) is 39.6. The molecule has 1 N–H and O–H groups in total. The van der Waals surface area contributed by atoms with E-state index in [0.29, 0.717) is 23.5 Å². The summed E-state index contributed by atoms with van der Waals surface area (Å²) in [7, 11) is 0. The van der Waals surface area contributed by atoms with Crippen LogP contribution in [-0.2, 0) is 16.1 Å². The van der Waals surface area contributed by atoms with Crippen LogP contribution in [0.5, 0.6) is 5.75 Å². The Morgan fingerprint density at radius 3 is 2.38 bits per heavy atom. The van der Waals surface area contributed by atoms with Crippen LogP contribution in [0.4, 0.5) is 5.69 Å². The molecule has 3 aromatic rings. The van der Waals surface area contributed by atoms with E-state index in [9.17, 15) is 19.7 Å². The zero-order chi connectivity index (χ0) is 24.7. The Labute approximate surface area is 195 Å². The van der Waals surface area contributed by atoms with E-state index in [1.165, 1.54) is 24.3 Å². The van der Waals surface area contributed by atoms with E-state index in [2.05, 4.69) is 15.5 Å². The summed E-state index contributed by atoms with van der Waals surface area (Å²) in [6.45, 7) is 5.65. The van der Waals surface area contributed by atoms with Crippen molar-refractivity contribution in [2.75, 3.05) is 6.61 Å². The molecular weight excluding hydrogens is 444 g/mol. The van der Waals surface area contributed by atoms with E-state index >= 15 is 0 Å². The summed E-state index contributed by atoms with van der Waals surface area (Å²) >= 11 is 0. The highest BCUT2D eigenvalue weighted by Crippen LogP contribution is 2.20. The third kappa shape index (κ3) is 6.15. The standard InChI is InChI=1S/C23H24N4O7/c1-4-32-18-11-7-16(8-12-18)22(28)25-20(14(2)3)23(29)33-13-19-24-21(26-34-19)15-5-9-17(10-6-15)27(30)31/h5-12,14,20H,4,13H2,1-3H3,(H,25,28)/t20-/m0/s1. The van der Waals surface area contributed by atoms with Crippen molar-refractivity contribution in [1.29, 1.82) is 0 Å². The number of benzene rings is 2. The van der Waals surface area contributed by atoms with Crippen LogP contribution in [0.3, 0.4) is 0 Å². The predicted octanol–water partition coefficient (Wildman–Crippen LogP) is 3.54. The number of nitrogens with zero attached hydrogens (tertiary/aromatic N) is 3. The van der Waals surface area contributed by atoms with Crippen molar-refractivity contribution >= 4 is 17.6 Å². The van der Waals surface area contributed by atoms with Crippen molar-refractivity contribution in [1.82, 2.24) is 15.5 Å². The number of non-ortho nitro benzene ring substituents is 1. The lowest BCUT2D eigenvalue weighted by Gasteiger charge is -2.20. The van der Waals surface area contributed by atoms with Gasteiger partial charge in [0.05, 0.1) is 11.5 Å². The number of carbonyl (C=O) groups is 2. The highest BCUT2D eigenvalue weighted by atomic mass is 16.6. The van der Waals surface area contributed by atoms with Gasteiger partial charge in [0.1, 0.15) is 11.8 Å². The molecule has 0 fully saturated rings. The number of nitrogens with one attached hydrogen (secondary N) is 1. The minimum Gasteiger partial charge on any atom is -0.494 e. The fourth-order valence-electron chi connectivity index (χ4n) is 2.98. The lowest BCUT2D eigenvalue weighted by Crippen LogP contribution is -2.45. The molecule has 11 nitrogen and oxygen atoms in total. The number of carbonyl (C=O) groups excluding carboxylic acids is 2. The number of aromatic nitrogens is 2. The van der Waals surface area contributed by atoms with Gasteiger partial charge in [-0.1, -0.05) is 19.0 Å². The van der Waals surface area contributed by atoms with E-state index < -0.39 is 22.8 Å². The highest BCUT2D eigenvalue weighted by Gasteiger charge is 2.27. The molecule has 0 bridgehead atoms. The maximum absolute atomic E-state index is 12.6. The molecule has 1 heterocycles. The fraction of sp³-hybridized carbons (Fsp3) is 0.304. The van der Waals surface area contributed by atoms with Crippen LogP contribution in [0.15, 0.2) is 53.1 Å². The fourth-order valence-corrected chi connectivity index (χ4v) is 2.98. The van der Waals surface area contributed by atoms with Crippen molar-refractivity contribution in [3.8, 4) is 17.1 Å². The van der Waals surface area contributed by atoms with Crippen LogP contribution in [0.2, 0.25) is 0 Å². The first-order chi connectivity index (χ1) is 16.3. The Hall–Kier alpha value is -4.28. The smallest absolute Gasteiger partial charge is 0.329 e. The first-order valence-electron chi connectivity index (χ1n) is 10.6. The van der Waals surface area contributed by atoms with Gasteiger partial charge in [-0.25, -0.2) is 4.79 Å². The van der Waals surface area contributed by atoms with Crippen LogP contribution in [0.1, 0.15) is 37.0 Å². The number of rotatable bonds is 10. The maximum Gasteiger partial charge on any atom is 0.329 e. The molecule has 3 rings (SSSR count). The van der Waals surface area contributed by atoms with Gasteiger partial charge in [0.2, 0.25) is 5.82 Å². The predicted molar refractivity (Wildman–Crippen MR) is 120 cm³/mol. The van der Waals surface area contributed by atoms with Crippen LogP contribution in [0, 0.1) is 16.0 Å². The minimum atomic E-state index is -0.892.